The molecule has 0 atom stereocenters. The van der Waals surface area contributed by atoms with E-state index < -0.39 is 11.8 Å². The normalized spacial score (nSPS) is 10.9. The zero-order chi connectivity index (χ0) is 28.6. The van der Waals surface area contributed by atoms with E-state index >= 15 is 0 Å². The van der Waals surface area contributed by atoms with Gasteiger partial charge in [0.1, 0.15) is 18.1 Å². The molecule has 0 aliphatic carbocycles. The minimum absolute atomic E-state index is 0.448. The Labute approximate surface area is 242 Å². The summed E-state index contributed by atoms with van der Waals surface area (Å²) in [6.07, 6.45) is 3.26. The number of rotatable bonds is 8. The van der Waals surface area contributed by atoms with Gasteiger partial charge in [-0.1, -0.05) is 66.2 Å². The van der Waals surface area contributed by atoms with Crippen molar-refractivity contribution in [2.45, 2.75) is 13.5 Å². The predicted molar refractivity (Wildman–Crippen MR) is 160 cm³/mol. The average molecular weight is 564 g/mol. The number of hydrogen-bond donors (Lipinski definition) is 2. The molecule has 8 nitrogen and oxygen atoms in total. The third-order valence-electron chi connectivity index (χ3n) is 6.23. The van der Waals surface area contributed by atoms with Crippen molar-refractivity contribution in [3.63, 3.8) is 0 Å². The third-order valence-corrected chi connectivity index (χ3v) is 6.64. The third kappa shape index (κ3) is 6.87. The molecule has 2 N–H and O–H groups in total. The maximum absolute atomic E-state index is 12.4. The van der Waals surface area contributed by atoms with Crippen LogP contribution in [-0.2, 0) is 16.2 Å². The number of nitrogens with zero attached hydrogens (tertiary/aromatic N) is 3. The number of carbonyl (C=O) groups is 2. The highest BCUT2D eigenvalue weighted by Gasteiger charge is 2.16. The molecule has 0 spiro atoms. The molecule has 0 aliphatic rings. The van der Waals surface area contributed by atoms with Crippen LogP contribution in [-0.4, -0.2) is 27.8 Å². The lowest BCUT2D eigenvalue weighted by Crippen LogP contribution is -2.32. The Morgan fingerprint density at radius 1 is 0.902 bits per heavy atom. The zero-order valence-corrected chi connectivity index (χ0v) is 22.9. The Hall–Kier alpha value is -5.21. The fourth-order valence-corrected chi connectivity index (χ4v) is 4.18. The molecular weight excluding hydrogens is 538 g/mol. The molecule has 41 heavy (non-hydrogen) atoms. The zero-order valence-electron chi connectivity index (χ0n) is 22.1. The molecule has 4 aromatic carbocycles. The van der Waals surface area contributed by atoms with Crippen molar-refractivity contribution in [2.24, 2.45) is 5.10 Å². The largest absolute Gasteiger partial charge is 0.489 e. The summed E-state index contributed by atoms with van der Waals surface area (Å²) in [7, 11) is 0. The minimum Gasteiger partial charge on any atom is -0.489 e. The molecule has 1 heterocycles. The number of amides is 2. The summed E-state index contributed by atoms with van der Waals surface area (Å²) in [5, 5.41) is 11.8. The molecule has 0 aliphatic heterocycles. The summed E-state index contributed by atoms with van der Waals surface area (Å²) in [5.74, 6) is -1.06. The molecule has 2 amide bonds. The molecule has 0 radical (unpaired) electrons. The van der Waals surface area contributed by atoms with Gasteiger partial charge in [0, 0.05) is 28.0 Å². The molecule has 0 unspecified atom stereocenters. The second kappa shape index (κ2) is 12.8. The maximum Gasteiger partial charge on any atom is 0.329 e. The van der Waals surface area contributed by atoms with E-state index in [2.05, 4.69) is 15.8 Å². The van der Waals surface area contributed by atoms with Crippen LogP contribution in [0, 0.1) is 6.92 Å². The number of nitrogens with one attached hydrogen (secondary N) is 2. The number of ether oxygens (including phenoxy) is 1. The minimum atomic E-state index is -0.919. The first-order valence-electron chi connectivity index (χ1n) is 12.8. The van der Waals surface area contributed by atoms with Gasteiger partial charge in [-0.2, -0.15) is 10.2 Å². The number of para-hydroxylation sites is 1. The summed E-state index contributed by atoms with van der Waals surface area (Å²) in [6, 6.07) is 32.2. The molecule has 1 aromatic heterocycles. The molecule has 0 saturated heterocycles. The Morgan fingerprint density at radius 2 is 1.61 bits per heavy atom. The molecular formula is C32H26ClN5O3. The van der Waals surface area contributed by atoms with Gasteiger partial charge in [0.2, 0.25) is 0 Å². The molecule has 5 aromatic rings. The van der Waals surface area contributed by atoms with E-state index in [9.17, 15) is 9.59 Å². The monoisotopic (exact) mass is 563 g/mol. The van der Waals surface area contributed by atoms with E-state index in [1.165, 1.54) is 6.21 Å². The topological polar surface area (TPSA) is 97.6 Å². The lowest BCUT2D eigenvalue weighted by atomic mass is 10.1. The lowest BCUT2D eigenvalue weighted by Gasteiger charge is -2.08. The summed E-state index contributed by atoms with van der Waals surface area (Å²) in [5.41, 5.74) is 7.43. The first-order valence-corrected chi connectivity index (χ1v) is 13.2. The van der Waals surface area contributed by atoms with Crippen molar-refractivity contribution in [1.82, 2.24) is 15.2 Å². The van der Waals surface area contributed by atoms with Gasteiger partial charge in [-0.15, -0.1) is 0 Å². The number of carbonyl (C=O) groups excluding carboxylic acids is 2. The van der Waals surface area contributed by atoms with E-state index in [4.69, 9.17) is 21.4 Å². The Morgan fingerprint density at radius 3 is 2.34 bits per heavy atom. The highest BCUT2D eigenvalue weighted by atomic mass is 35.5. The SMILES string of the molecule is Cc1c(Cl)cccc1NC(=O)C(=O)N/N=C/c1cn(-c2ccccc2)nc1-c1ccc(OCc2ccccc2)cc1. The van der Waals surface area contributed by atoms with Gasteiger partial charge < -0.3 is 10.1 Å². The smallest absolute Gasteiger partial charge is 0.329 e. The van der Waals surface area contributed by atoms with Gasteiger partial charge in [0.25, 0.3) is 0 Å². The molecule has 9 heteroatoms. The van der Waals surface area contributed by atoms with Gasteiger partial charge in [0.15, 0.2) is 0 Å². The molecule has 5 rings (SSSR count). The summed E-state index contributed by atoms with van der Waals surface area (Å²) >= 11 is 6.10. The number of anilines is 1. The van der Waals surface area contributed by atoms with Crippen LogP contribution >= 0.6 is 11.6 Å². The molecule has 0 saturated carbocycles. The number of hydrazone groups is 1. The standard InChI is InChI=1S/C32H26ClN5O3/c1-22-28(33)13-8-14-29(22)35-31(39)32(40)36-34-19-25-20-38(26-11-6-3-7-12-26)37-30(25)24-15-17-27(18-16-24)41-21-23-9-4-2-5-10-23/h2-20H,21H2,1H3,(H,35,39)(H,36,40)/b34-19+. The molecule has 204 valence electrons. The first-order chi connectivity index (χ1) is 20.0. The highest BCUT2D eigenvalue weighted by Crippen LogP contribution is 2.26. The van der Waals surface area contributed by atoms with Crippen LogP contribution in [0.25, 0.3) is 16.9 Å². The molecule has 0 fully saturated rings. The summed E-state index contributed by atoms with van der Waals surface area (Å²) in [4.78, 5) is 24.8. The van der Waals surface area contributed by atoms with Crippen molar-refractivity contribution in [2.75, 3.05) is 5.32 Å². The van der Waals surface area contributed by atoms with E-state index in [-0.39, 0.29) is 0 Å². The van der Waals surface area contributed by atoms with Crippen molar-refractivity contribution in [3.05, 3.63) is 131 Å². The van der Waals surface area contributed by atoms with Crippen LogP contribution in [0.3, 0.4) is 0 Å². The lowest BCUT2D eigenvalue weighted by molar-refractivity contribution is -0.136. The highest BCUT2D eigenvalue weighted by molar-refractivity contribution is 6.40. The van der Waals surface area contributed by atoms with Crippen molar-refractivity contribution in [1.29, 1.82) is 0 Å². The predicted octanol–water partition coefficient (Wildman–Crippen LogP) is 6.17. The van der Waals surface area contributed by atoms with Crippen molar-refractivity contribution < 1.29 is 14.3 Å². The van der Waals surface area contributed by atoms with Crippen molar-refractivity contribution in [3.8, 4) is 22.7 Å². The number of hydrogen-bond acceptors (Lipinski definition) is 5. The Balaban J connectivity index is 1.32. The Kier molecular flexibility index (Phi) is 8.52. The quantitative estimate of drug-likeness (QED) is 0.134. The number of halogens is 1. The van der Waals surface area contributed by atoms with E-state index in [1.807, 2.05) is 84.9 Å². The Bertz CT molecular complexity index is 1680. The fraction of sp³-hybridized carbons (Fsp3) is 0.0625. The maximum atomic E-state index is 12.4. The van der Waals surface area contributed by atoms with Gasteiger partial charge in [-0.05, 0) is 66.6 Å². The van der Waals surface area contributed by atoms with Gasteiger partial charge in [-0.3, -0.25) is 9.59 Å². The van der Waals surface area contributed by atoms with Gasteiger partial charge >= 0.3 is 11.8 Å². The van der Waals surface area contributed by atoms with Crippen LogP contribution in [0.5, 0.6) is 5.75 Å². The van der Waals surface area contributed by atoms with Crippen LogP contribution in [0.15, 0.2) is 114 Å². The van der Waals surface area contributed by atoms with Gasteiger partial charge in [-0.25, -0.2) is 10.1 Å². The second-order valence-corrected chi connectivity index (χ2v) is 9.48. The fourth-order valence-electron chi connectivity index (χ4n) is 4.00. The van der Waals surface area contributed by atoms with E-state index in [1.54, 1.807) is 36.0 Å². The van der Waals surface area contributed by atoms with Crippen LogP contribution in [0.1, 0.15) is 16.7 Å². The van der Waals surface area contributed by atoms with Crippen LogP contribution in [0.4, 0.5) is 5.69 Å². The van der Waals surface area contributed by atoms with E-state index in [0.717, 1.165) is 22.6 Å². The van der Waals surface area contributed by atoms with E-state index in [0.29, 0.717) is 34.1 Å². The van der Waals surface area contributed by atoms with Crippen LogP contribution in [0.2, 0.25) is 5.02 Å². The summed E-state index contributed by atoms with van der Waals surface area (Å²) in [6.45, 7) is 2.22. The first kappa shape index (κ1) is 27.4. The second-order valence-electron chi connectivity index (χ2n) is 9.08. The average Bonchev–Trinajstić information content (AvgIpc) is 3.43. The number of aromatic nitrogens is 2. The van der Waals surface area contributed by atoms with Crippen molar-refractivity contribution >= 4 is 35.3 Å². The number of benzene rings is 4. The summed E-state index contributed by atoms with van der Waals surface area (Å²) < 4.78 is 7.64. The van der Waals surface area contributed by atoms with Gasteiger partial charge in [0.05, 0.1) is 11.9 Å². The molecule has 0 bridgehead atoms. The van der Waals surface area contributed by atoms with Crippen LogP contribution < -0.4 is 15.5 Å².